The van der Waals surface area contributed by atoms with Crippen LogP contribution in [-0.4, -0.2) is 22.8 Å². The molecule has 3 nitrogen and oxygen atoms in total. The molecule has 1 saturated heterocycles. The highest BCUT2D eigenvalue weighted by molar-refractivity contribution is 5.72. The molecule has 3 fully saturated rings. The van der Waals surface area contributed by atoms with Crippen molar-refractivity contribution in [3.8, 4) is 0 Å². The first-order chi connectivity index (χ1) is 11.9. The lowest BCUT2D eigenvalue weighted by Gasteiger charge is -2.57. The van der Waals surface area contributed by atoms with Crippen molar-refractivity contribution in [1.29, 1.82) is 0 Å². The van der Waals surface area contributed by atoms with Crippen LogP contribution in [0.1, 0.15) is 65.2 Å². The number of aliphatic hydroxyl groups is 1. The Kier molecular flexibility index (Phi) is 3.22. The Balaban J connectivity index is 1.52. The molecule has 1 aliphatic heterocycles. The molecule has 3 heteroatoms. The van der Waals surface area contributed by atoms with Crippen molar-refractivity contribution in [3.05, 3.63) is 23.8 Å². The number of aliphatic hydroxyl groups excluding tert-OH is 1. The highest BCUT2D eigenvalue weighted by Crippen LogP contribution is 2.68. The van der Waals surface area contributed by atoms with Gasteiger partial charge in [0.1, 0.15) is 5.60 Å². The molecule has 4 aliphatic carbocycles. The van der Waals surface area contributed by atoms with Gasteiger partial charge in [-0.2, -0.15) is 0 Å². The van der Waals surface area contributed by atoms with Crippen LogP contribution in [0.15, 0.2) is 23.8 Å². The van der Waals surface area contributed by atoms with E-state index in [-0.39, 0.29) is 28.5 Å². The fourth-order valence-corrected chi connectivity index (χ4v) is 7.44. The van der Waals surface area contributed by atoms with E-state index in [2.05, 4.69) is 32.1 Å². The van der Waals surface area contributed by atoms with Crippen LogP contribution >= 0.6 is 0 Å². The standard InChI is InChI=1S/C22H30O3/c1-20-9-5-15(23)13-14(20)3-4-16-17(20)6-10-21(2)18(16)7-11-22(21)12-8-19(24)25-22/h3-4,13,15-18,23H,5-12H2,1-2H3. The van der Waals surface area contributed by atoms with Gasteiger partial charge in [-0.15, -0.1) is 0 Å². The monoisotopic (exact) mass is 342 g/mol. The summed E-state index contributed by atoms with van der Waals surface area (Å²) in [5, 5.41) is 10.1. The number of fused-ring (bicyclic) bond motifs is 6. The molecule has 136 valence electrons. The normalized spacial score (nSPS) is 53.9. The molecule has 5 aliphatic rings. The van der Waals surface area contributed by atoms with Gasteiger partial charge < -0.3 is 9.84 Å². The van der Waals surface area contributed by atoms with Crippen LogP contribution in [0.4, 0.5) is 0 Å². The van der Waals surface area contributed by atoms with E-state index in [4.69, 9.17) is 4.74 Å². The molecule has 1 N–H and O–H groups in total. The van der Waals surface area contributed by atoms with E-state index in [1.54, 1.807) is 0 Å². The Hall–Kier alpha value is -1.09. The number of rotatable bonds is 0. The van der Waals surface area contributed by atoms with E-state index in [1.165, 1.54) is 24.8 Å². The van der Waals surface area contributed by atoms with Crippen molar-refractivity contribution in [1.82, 2.24) is 0 Å². The predicted octanol–water partition coefficient (Wildman–Crippen LogP) is 4.16. The van der Waals surface area contributed by atoms with E-state index in [0.29, 0.717) is 24.2 Å². The lowest BCUT2D eigenvalue weighted by molar-refractivity contribution is -0.165. The first kappa shape index (κ1) is 16.1. The third kappa shape index (κ3) is 1.94. The Bertz CT molecular complexity index is 679. The van der Waals surface area contributed by atoms with Crippen molar-refractivity contribution < 1.29 is 14.6 Å². The Morgan fingerprint density at radius 3 is 2.64 bits per heavy atom. The summed E-state index contributed by atoms with van der Waals surface area (Å²) in [5.74, 6) is 1.90. The minimum atomic E-state index is -0.272. The number of hydrogen-bond acceptors (Lipinski definition) is 3. The molecule has 2 saturated carbocycles. The predicted molar refractivity (Wildman–Crippen MR) is 95.7 cm³/mol. The van der Waals surface area contributed by atoms with Crippen LogP contribution in [0.2, 0.25) is 0 Å². The SMILES string of the molecule is CC12CCC(O)C=C1C=CC1C2CCC2(C)C1CCC21CCC(=O)O1. The summed E-state index contributed by atoms with van der Waals surface area (Å²) in [5.41, 5.74) is 1.52. The van der Waals surface area contributed by atoms with Gasteiger partial charge in [-0.3, -0.25) is 4.79 Å². The third-order valence-corrected chi connectivity index (χ3v) is 8.97. The highest BCUT2D eigenvalue weighted by Gasteiger charge is 2.66. The van der Waals surface area contributed by atoms with Gasteiger partial charge in [0.25, 0.3) is 0 Å². The maximum absolute atomic E-state index is 11.9. The number of carbonyl (C=O) groups excluding carboxylic acids is 1. The lowest BCUT2D eigenvalue weighted by atomic mass is 9.48. The molecule has 5 rings (SSSR count). The number of carbonyl (C=O) groups is 1. The number of hydrogen-bond donors (Lipinski definition) is 1. The Morgan fingerprint density at radius 1 is 1.08 bits per heavy atom. The number of ether oxygens (including phenoxy) is 1. The molecule has 0 aromatic heterocycles. The quantitative estimate of drug-likeness (QED) is 0.672. The van der Waals surface area contributed by atoms with Gasteiger partial charge in [0, 0.05) is 11.8 Å². The molecule has 0 amide bonds. The summed E-state index contributed by atoms with van der Waals surface area (Å²) in [6, 6.07) is 0. The van der Waals surface area contributed by atoms with Gasteiger partial charge in [-0.1, -0.05) is 32.1 Å². The Labute approximate surface area is 150 Å². The molecule has 0 radical (unpaired) electrons. The van der Waals surface area contributed by atoms with Crippen LogP contribution in [-0.2, 0) is 9.53 Å². The average molecular weight is 342 g/mol. The topological polar surface area (TPSA) is 46.5 Å². The molecular weight excluding hydrogens is 312 g/mol. The highest BCUT2D eigenvalue weighted by atomic mass is 16.6. The van der Waals surface area contributed by atoms with E-state index in [9.17, 15) is 9.90 Å². The Morgan fingerprint density at radius 2 is 1.88 bits per heavy atom. The van der Waals surface area contributed by atoms with Crippen molar-refractivity contribution in [2.24, 2.45) is 28.6 Å². The van der Waals surface area contributed by atoms with Crippen LogP contribution < -0.4 is 0 Å². The van der Waals surface area contributed by atoms with E-state index < -0.39 is 0 Å². The second-order valence-corrected chi connectivity index (χ2v) is 9.76. The van der Waals surface area contributed by atoms with Crippen molar-refractivity contribution in [2.45, 2.75) is 76.9 Å². The van der Waals surface area contributed by atoms with E-state index >= 15 is 0 Å². The molecule has 7 unspecified atom stereocenters. The summed E-state index contributed by atoms with van der Waals surface area (Å²) in [6.07, 6.45) is 14.7. The first-order valence-corrected chi connectivity index (χ1v) is 10.2. The zero-order valence-electron chi connectivity index (χ0n) is 15.5. The van der Waals surface area contributed by atoms with Crippen molar-refractivity contribution in [2.75, 3.05) is 0 Å². The molecule has 1 heterocycles. The third-order valence-electron chi connectivity index (χ3n) is 8.97. The van der Waals surface area contributed by atoms with E-state index in [1.807, 2.05) is 0 Å². The van der Waals surface area contributed by atoms with Gasteiger partial charge in [0.05, 0.1) is 6.10 Å². The summed E-state index contributed by atoms with van der Waals surface area (Å²) in [6.45, 7) is 4.83. The van der Waals surface area contributed by atoms with Gasteiger partial charge in [0.2, 0.25) is 0 Å². The molecule has 0 aromatic carbocycles. The zero-order valence-corrected chi connectivity index (χ0v) is 15.5. The fraction of sp³-hybridized carbons (Fsp3) is 0.773. The van der Waals surface area contributed by atoms with Gasteiger partial charge >= 0.3 is 5.97 Å². The molecule has 25 heavy (non-hydrogen) atoms. The summed E-state index contributed by atoms with van der Waals surface area (Å²) in [4.78, 5) is 11.9. The van der Waals surface area contributed by atoms with Gasteiger partial charge in [-0.05, 0) is 73.7 Å². The van der Waals surface area contributed by atoms with Gasteiger partial charge in [-0.25, -0.2) is 0 Å². The maximum atomic E-state index is 11.9. The second kappa shape index (κ2) is 5.00. The molecule has 0 bridgehead atoms. The zero-order chi connectivity index (χ0) is 17.4. The molecular formula is C22H30O3. The van der Waals surface area contributed by atoms with E-state index in [0.717, 1.165) is 25.7 Å². The molecule has 0 aromatic rings. The van der Waals surface area contributed by atoms with Crippen LogP contribution in [0.25, 0.3) is 0 Å². The molecule has 1 spiro atoms. The number of allylic oxidation sites excluding steroid dienone is 3. The molecule has 7 atom stereocenters. The van der Waals surface area contributed by atoms with Gasteiger partial charge in [0.15, 0.2) is 0 Å². The maximum Gasteiger partial charge on any atom is 0.306 e. The minimum Gasteiger partial charge on any atom is -0.458 e. The largest absolute Gasteiger partial charge is 0.458 e. The summed E-state index contributed by atoms with van der Waals surface area (Å²) >= 11 is 0. The number of esters is 1. The summed E-state index contributed by atoms with van der Waals surface area (Å²) < 4.78 is 6.00. The van der Waals surface area contributed by atoms with Crippen molar-refractivity contribution in [3.63, 3.8) is 0 Å². The lowest BCUT2D eigenvalue weighted by Crippen LogP contribution is -2.53. The fourth-order valence-electron chi connectivity index (χ4n) is 7.44. The second-order valence-electron chi connectivity index (χ2n) is 9.76. The smallest absolute Gasteiger partial charge is 0.306 e. The van der Waals surface area contributed by atoms with Crippen molar-refractivity contribution >= 4 is 5.97 Å². The van der Waals surface area contributed by atoms with Crippen LogP contribution in [0.3, 0.4) is 0 Å². The van der Waals surface area contributed by atoms with Crippen LogP contribution in [0, 0.1) is 28.6 Å². The minimum absolute atomic E-state index is 0.0154. The first-order valence-electron chi connectivity index (χ1n) is 10.2. The van der Waals surface area contributed by atoms with Crippen LogP contribution in [0.5, 0.6) is 0 Å². The average Bonchev–Trinajstić information content (AvgIpc) is 3.10. The summed E-state index contributed by atoms with van der Waals surface area (Å²) in [7, 11) is 0.